The van der Waals surface area contributed by atoms with Crippen LogP contribution in [-0.4, -0.2) is 72.6 Å². The lowest BCUT2D eigenvalue weighted by Crippen LogP contribution is -2.45. The van der Waals surface area contributed by atoms with E-state index in [2.05, 4.69) is 21.2 Å². The molecule has 3 atom stereocenters. The molecule has 0 aromatic carbocycles. The summed E-state index contributed by atoms with van der Waals surface area (Å²) in [6.07, 6.45) is 0.704. The Morgan fingerprint density at radius 1 is 1.50 bits per heavy atom. The fourth-order valence-electron chi connectivity index (χ4n) is 3.58. The van der Waals surface area contributed by atoms with E-state index in [4.69, 9.17) is 0 Å². The van der Waals surface area contributed by atoms with Gasteiger partial charge in [-0.2, -0.15) is 0 Å². The maximum absolute atomic E-state index is 13.9. The normalized spacial score (nSPS) is 29.9. The van der Waals surface area contributed by atoms with E-state index in [1.165, 1.54) is 4.88 Å². The third-order valence-corrected chi connectivity index (χ3v) is 5.71. The summed E-state index contributed by atoms with van der Waals surface area (Å²) in [6, 6.07) is 4.30. The number of amides is 1. The van der Waals surface area contributed by atoms with Crippen LogP contribution in [0.5, 0.6) is 0 Å². The Morgan fingerprint density at radius 2 is 2.32 bits per heavy atom. The van der Waals surface area contributed by atoms with Crippen LogP contribution in [0.1, 0.15) is 17.7 Å². The van der Waals surface area contributed by atoms with E-state index < -0.39 is 6.17 Å². The highest BCUT2D eigenvalue weighted by atomic mass is 32.1. The van der Waals surface area contributed by atoms with Crippen LogP contribution < -0.4 is 0 Å². The molecule has 2 aliphatic rings. The van der Waals surface area contributed by atoms with Crippen molar-refractivity contribution < 1.29 is 9.18 Å². The Balaban J connectivity index is 1.61. The highest BCUT2D eigenvalue weighted by Crippen LogP contribution is 2.26. The number of hydrogen-bond acceptors (Lipinski definition) is 4. The van der Waals surface area contributed by atoms with Crippen LogP contribution in [-0.2, 0) is 11.3 Å². The second-order valence-corrected chi connectivity index (χ2v) is 7.53. The van der Waals surface area contributed by atoms with Crippen molar-refractivity contribution in [3.63, 3.8) is 0 Å². The summed E-state index contributed by atoms with van der Waals surface area (Å²) < 4.78 is 13.9. The standard InChI is InChI=1S/C16H24FN3OS/c1-18-6-5-15(16(18)21)19(2)10-13-8-12(17)9-20(13)11-14-4-3-7-22-14/h3-4,7,12-13,15H,5-6,8-11H2,1-2H3/t12-,13-,15+/m0/s1. The Labute approximate surface area is 135 Å². The number of rotatable bonds is 5. The topological polar surface area (TPSA) is 26.8 Å². The number of likely N-dealkylation sites (tertiary alicyclic amines) is 2. The molecule has 1 amide bonds. The molecule has 2 fully saturated rings. The van der Waals surface area contributed by atoms with Gasteiger partial charge in [0.15, 0.2) is 0 Å². The molecule has 122 valence electrons. The molecule has 2 saturated heterocycles. The summed E-state index contributed by atoms with van der Waals surface area (Å²) in [6.45, 7) is 2.91. The lowest BCUT2D eigenvalue weighted by Gasteiger charge is -2.30. The van der Waals surface area contributed by atoms with Gasteiger partial charge in [-0.1, -0.05) is 6.07 Å². The van der Waals surface area contributed by atoms with E-state index >= 15 is 0 Å². The second-order valence-electron chi connectivity index (χ2n) is 6.50. The molecule has 0 unspecified atom stereocenters. The fourth-order valence-corrected chi connectivity index (χ4v) is 4.31. The number of alkyl halides is 1. The molecule has 22 heavy (non-hydrogen) atoms. The van der Waals surface area contributed by atoms with Crippen molar-refractivity contribution in [2.24, 2.45) is 0 Å². The summed E-state index contributed by atoms with van der Waals surface area (Å²) in [7, 11) is 3.85. The van der Waals surface area contributed by atoms with Crippen LogP contribution in [0, 0.1) is 0 Å². The minimum atomic E-state index is -0.750. The quantitative estimate of drug-likeness (QED) is 0.826. The molecule has 4 nitrogen and oxygen atoms in total. The summed E-state index contributed by atoms with van der Waals surface area (Å²) >= 11 is 1.72. The maximum atomic E-state index is 13.9. The molecule has 3 heterocycles. The maximum Gasteiger partial charge on any atom is 0.239 e. The Morgan fingerprint density at radius 3 is 2.95 bits per heavy atom. The van der Waals surface area contributed by atoms with Gasteiger partial charge in [0.1, 0.15) is 6.17 Å². The summed E-state index contributed by atoms with van der Waals surface area (Å²) in [4.78, 5) is 19.5. The number of carbonyl (C=O) groups excluding carboxylic acids is 1. The molecule has 0 bridgehead atoms. The van der Waals surface area contributed by atoms with Gasteiger partial charge in [-0.25, -0.2) is 4.39 Å². The lowest BCUT2D eigenvalue weighted by atomic mass is 10.1. The molecular formula is C16H24FN3OS. The van der Waals surface area contributed by atoms with Crippen molar-refractivity contribution >= 4 is 17.2 Å². The molecule has 0 radical (unpaired) electrons. The fraction of sp³-hybridized carbons (Fsp3) is 0.688. The van der Waals surface area contributed by atoms with E-state index in [0.717, 1.165) is 26.1 Å². The predicted octanol–water partition coefficient (Wildman–Crippen LogP) is 1.82. The summed E-state index contributed by atoms with van der Waals surface area (Å²) in [5, 5.41) is 2.06. The largest absolute Gasteiger partial charge is 0.344 e. The monoisotopic (exact) mass is 325 g/mol. The van der Waals surface area contributed by atoms with Gasteiger partial charge in [-0.05, 0) is 31.3 Å². The van der Waals surface area contributed by atoms with Gasteiger partial charge >= 0.3 is 0 Å². The van der Waals surface area contributed by atoms with Crippen LogP contribution >= 0.6 is 11.3 Å². The minimum Gasteiger partial charge on any atom is -0.344 e. The van der Waals surface area contributed by atoms with Crippen molar-refractivity contribution in [2.45, 2.75) is 37.6 Å². The average Bonchev–Trinajstić information content (AvgIpc) is 3.16. The first-order chi connectivity index (χ1) is 10.5. The number of likely N-dealkylation sites (N-methyl/N-ethyl adjacent to an activating group) is 2. The van der Waals surface area contributed by atoms with Crippen LogP contribution in [0.15, 0.2) is 17.5 Å². The highest BCUT2D eigenvalue weighted by Gasteiger charge is 2.37. The zero-order valence-electron chi connectivity index (χ0n) is 13.2. The van der Waals surface area contributed by atoms with Crippen molar-refractivity contribution in [2.75, 3.05) is 33.7 Å². The summed E-state index contributed by atoms with van der Waals surface area (Å²) in [5.41, 5.74) is 0. The minimum absolute atomic E-state index is 0.0350. The third-order valence-electron chi connectivity index (χ3n) is 4.85. The zero-order valence-corrected chi connectivity index (χ0v) is 14.1. The first-order valence-electron chi connectivity index (χ1n) is 7.90. The van der Waals surface area contributed by atoms with Gasteiger partial charge in [-0.3, -0.25) is 14.6 Å². The third kappa shape index (κ3) is 3.34. The number of thiophene rings is 1. The van der Waals surface area contributed by atoms with Gasteiger partial charge < -0.3 is 4.90 Å². The average molecular weight is 325 g/mol. The molecular weight excluding hydrogens is 301 g/mol. The molecule has 2 aliphatic heterocycles. The number of hydrogen-bond donors (Lipinski definition) is 0. The van der Waals surface area contributed by atoms with Gasteiger partial charge in [0.05, 0.1) is 6.04 Å². The van der Waals surface area contributed by atoms with Crippen LogP contribution in [0.3, 0.4) is 0 Å². The first-order valence-corrected chi connectivity index (χ1v) is 8.78. The Hall–Kier alpha value is -0.980. The Kier molecular flexibility index (Phi) is 4.80. The zero-order chi connectivity index (χ0) is 15.7. The van der Waals surface area contributed by atoms with Gasteiger partial charge in [0.25, 0.3) is 0 Å². The SMILES string of the molecule is CN1CC[C@@H](N(C)C[C@@H]2C[C@H](F)CN2Cc2cccs2)C1=O. The molecule has 3 rings (SSSR count). The van der Waals surface area contributed by atoms with E-state index in [1.807, 2.05) is 20.2 Å². The highest BCUT2D eigenvalue weighted by molar-refractivity contribution is 7.09. The first kappa shape index (κ1) is 15.9. The molecule has 0 N–H and O–H groups in total. The number of halogens is 1. The number of carbonyl (C=O) groups is 1. The molecule has 0 aliphatic carbocycles. The van der Waals surface area contributed by atoms with E-state index in [1.54, 1.807) is 16.2 Å². The Bertz CT molecular complexity index is 509. The molecule has 1 aromatic rings. The second kappa shape index (κ2) is 6.64. The van der Waals surface area contributed by atoms with E-state index in [-0.39, 0.29) is 18.0 Å². The number of nitrogens with zero attached hydrogens (tertiary/aromatic N) is 3. The molecule has 0 spiro atoms. The molecule has 0 saturated carbocycles. The van der Waals surface area contributed by atoms with Crippen molar-refractivity contribution in [1.82, 2.24) is 14.7 Å². The summed E-state index contributed by atoms with van der Waals surface area (Å²) in [5.74, 6) is 0.196. The van der Waals surface area contributed by atoms with Crippen LogP contribution in [0.4, 0.5) is 4.39 Å². The smallest absolute Gasteiger partial charge is 0.239 e. The lowest BCUT2D eigenvalue weighted by molar-refractivity contribution is -0.130. The predicted molar refractivity (Wildman–Crippen MR) is 86.7 cm³/mol. The van der Waals surface area contributed by atoms with Crippen molar-refractivity contribution in [3.8, 4) is 0 Å². The van der Waals surface area contributed by atoms with Crippen molar-refractivity contribution in [3.05, 3.63) is 22.4 Å². The van der Waals surface area contributed by atoms with Gasteiger partial charge in [-0.15, -0.1) is 11.3 Å². The molecule has 1 aromatic heterocycles. The van der Waals surface area contributed by atoms with Crippen LogP contribution in [0.2, 0.25) is 0 Å². The van der Waals surface area contributed by atoms with Gasteiger partial charge in [0, 0.05) is 44.1 Å². The van der Waals surface area contributed by atoms with Crippen LogP contribution in [0.25, 0.3) is 0 Å². The van der Waals surface area contributed by atoms with Crippen molar-refractivity contribution in [1.29, 1.82) is 0 Å². The van der Waals surface area contributed by atoms with E-state index in [0.29, 0.717) is 13.0 Å². The molecule has 6 heteroatoms. The van der Waals surface area contributed by atoms with E-state index in [9.17, 15) is 9.18 Å². The van der Waals surface area contributed by atoms with Gasteiger partial charge in [0.2, 0.25) is 5.91 Å².